The van der Waals surface area contributed by atoms with E-state index in [-0.39, 0.29) is 23.4 Å². The number of aliphatic imine (C=N–C) groups is 1. The lowest BCUT2D eigenvalue weighted by Gasteiger charge is -2.31. The first-order valence-corrected chi connectivity index (χ1v) is 9.64. The summed E-state index contributed by atoms with van der Waals surface area (Å²) >= 11 is 0.537. The van der Waals surface area contributed by atoms with Crippen molar-refractivity contribution < 1.29 is 31.1 Å². The molecule has 1 amide bonds. The molecule has 0 bridgehead atoms. The summed E-state index contributed by atoms with van der Waals surface area (Å²) in [5.74, 6) is -5.71. The van der Waals surface area contributed by atoms with Crippen molar-refractivity contribution in [1.29, 1.82) is 0 Å². The first-order valence-electron chi connectivity index (χ1n) is 8.82. The van der Waals surface area contributed by atoms with E-state index in [9.17, 15) is 22.4 Å². The number of carbonyl (C=O) groups is 1. The Morgan fingerprint density at radius 1 is 1.10 bits per heavy atom. The number of aromatic nitrogens is 1. The summed E-state index contributed by atoms with van der Waals surface area (Å²) in [6.45, 7) is 2.74. The molecule has 1 aliphatic rings. The quantitative estimate of drug-likeness (QED) is 0.533. The molecule has 3 rings (SSSR count). The number of halogens is 6. The molecule has 160 valence electrons. The van der Waals surface area contributed by atoms with Gasteiger partial charge in [-0.15, -0.1) is 0 Å². The van der Waals surface area contributed by atoms with Gasteiger partial charge in [-0.3, -0.25) is 9.78 Å². The Labute approximate surface area is 172 Å². The second-order valence-electron chi connectivity index (χ2n) is 7.10. The third kappa shape index (κ3) is 4.10. The number of hydrogen-bond donors (Lipinski definition) is 0. The van der Waals surface area contributed by atoms with Crippen LogP contribution >= 0.6 is 11.8 Å². The van der Waals surface area contributed by atoms with E-state index in [0.717, 1.165) is 18.6 Å². The van der Waals surface area contributed by atoms with E-state index in [2.05, 4.69) is 9.98 Å². The van der Waals surface area contributed by atoms with Crippen LogP contribution in [0.2, 0.25) is 0 Å². The van der Waals surface area contributed by atoms with Crippen molar-refractivity contribution in [1.82, 2.24) is 4.98 Å². The summed E-state index contributed by atoms with van der Waals surface area (Å²) in [5, 5.41) is 0.143. The number of hydrogen-bond acceptors (Lipinski definition) is 3. The number of nitrogens with zero attached hydrogens (tertiary/aromatic N) is 2. The lowest BCUT2D eigenvalue weighted by molar-refractivity contribution is -0.141. The molecule has 1 aromatic heterocycles. The van der Waals surface area contributed by atoms with E-state index in [4.69, 9.17) is 0 Å². The zero-order chi connectivity index (χ0) is 22.3. The zero-order valence-electron chi connectivity index (χ0n) is 15.8. The number of amides is 1. The summed E-state index contributed by atoms with van der Waals surface area (Å²) in [6, 6.07) is 6.63. The molecular weight excluding hydrogens is 430 g/mol. The molecule has 0 saturated heterocycles. The standard InChI is InChI=1S/C20H16F6N2OS/c1-11(12-3-5-14(21)6-4-12)9-16-28-17(29)18(2,30-16)19(22,23)13-7-8-27-15(10-13)20(24,25)26/h3-8,10-11H,9H2,1-2H3/t11-,18?/m1/s1. The maximum Gasteiger partial charge on any atom is 0.433 e. The lowest BCUT2D eigenvalue weighted by atomic mass is 9.94. The average Bonchev–Trinajstić information content (AvgIpc) is 2.96. The Morgan fingerprint density at radius 2 is 1.73 bits per heavy atom. The van der Waals surface area contributed by atoms with Gasteiger partial charge in [0.25, 0.3) is 11.8 Å². The first-order chi connectivity index (χ1) is 13.8. The van der Waals surface area contributed by atoms with Gasteiger partial charge in [-0.05, 0) is 42.7 Å². The van der Waals surface area contributed by atoms with Crippen LogP contribution in [0.1, 0.15) is 43.0 Å². The van der Waals surface area contributed by atoms with Crippen LogP contribution in [0.5, 0.6) is 0 Å². The minimum absolute atomic E-state index is 0.143. The van der Waals surface area contributed by atoms with Gasteiger partial charge in [-0.2, -0.15) is 22.0 Å². The van der Waals surface area contributed by atoms with Gasteiger partial charge >= 0.3 is 6.18 Å². The zero-order valence-corrected chi connectivity index (χ0v) is 16.6. The molecule has 2 atom stereocenters. The molecule has 3 nitrogen and oxygen atoms in total. The predicted octanol–water partition coefficient (Wildman–Crippen LogP) is 5.96. The Kier molecular flexibility index (Phi) is 5.74. The molecule has 10 heteroatoms. The normalized spacial score (nSPS) is 20.9. The minimum Gasteiger partial charge on any atom is -0.271 e. The summed E-state index contributed by atoms with van der Waals surface area (Å²) in [5.41, 5.74) is -1.70. The van der Waals surface area contributed by atoms with Crippen LogP contribution < -0.4 is 0 Å². The fourth-order valence-corrected chi connectivity index (χ4v) is 4.35. The number of benzene rings is 1. The van der Waals surface area contributed by atoms with E-state index in [1.54, 1.807) is 19.1 Å². The molecule has 0 saturated carbocycles. The highest BCUT2D eigenvalue weighted by atomic mass is 32.2. The van der Waals surface area contributed by atoms with Crippen LogP contribution in [0.3, 0.4) is 0 Å². The highest BCUT2D eigenvalue weighted by Gasteiger charge is 2.60. The van der Waals surface area contributed by atoms with Crippen LogP contribution in [0.25, 0.3) is 0 Å². The van der Waals surface area contributed by atoms with Crippen molar-refractivity contribution in [2.75, 3.05) is 0 Å². The number of thioether (sulfide) groups is 1. The van der Waals surface area contributed by atoms with E-state index in [1.165, 1.54) is 12.1 Å². The second-order valence-corrected chi connectivity index (χ2v) is 8.60. The smallest absolute Gasteiger partial charge is 0.271 e. The molecule has 1 unspecified atom stereocenters. The van der Waals surface area contributed by atoms with Gasteiger partial charge in [0, 0.05) is 18.2 Å². The van der Waals surface area contributed by atoms with Crippen LogP contribution in [0, 0.1) is 5.82 Å². The van der Waals surface area contributed by atoms with Crippen molar-refractivity contribution >= 4 is 22.7 Å². The summed E-state index contributed by atoms with van der Waals surface area (Å²) in [7, 11) is 0. The molecule has 30 heavy (non-hydrogen) atoms. The predicted molar refractivity (Wildman–Crippen MR) is 101 cm³/mol. The largest absolute Gasteiger partial charge is 0.433 e. The van der Waals surface area contributed by atoms with Crippen molar-refractivity contribution in [3.8, 4) is 0 Å². The Hall–Kier alpha value is -2.36. The van der Waals surface area contributed by atoms with Gasteiger partial charge in [0.2, 0.25) is 0 Å². The van der Waals surface area contributed by atoms with Gasteiger partial charge in [-0.25, -0.2) is 9.38 Å². The van der Waals surface area contributed by atoms with Crippen LogP contribution in [0.4, 0.5) is 26.3 Å². The monoisotopic (exact) mass is 446 g/mol. The highest BCUT2D eigenvalue weighted by molar-refractivity contribution is 8.16. The molecule has 2 aromatic rings. The number of rotatable bonds is 5. The first kappa shape index (κ1) is 22.3. The van der Waals surface area contributed by atoms with Gasteiger partial charge < -0.3 is 0 Å². The maximum absolute atomic E-state index is 15.2. The summed E-state index contributed by atoms with van der Waals surface area (Å²) in [6.07, 6.45) is -4.11. The number of alkyl halides is 5. The molecule has 0 aliphatic carbocycles. The van der Waals surface area contributed by atoms with Gasteiger partial charge in [0.05, 0.1) is 5.04 Å². The fraction of sp³-hybridized carbons (Fsp3) is 0.350. The average molecular weight is 446 g/mol. The molecule has 0 N–H and O–H groups in total. The molecule has 0 radical (unpaired) electrons. The topological polar surface area (TPSA) is 42.3 Å². The van der Waals surface area contributed by atoms with Crippen LogP contribution in [-0.2, 0) is 16.9 Å². The third-order valence-electron chi connectivity index (χ3n) is 4.89. The van der Waals surface area contributed by atoms with Crippen molar-refractivity contribution in [3.63, 3.8) is 0 Å². The highest BCUT2D eigenvalue weighted by Crippen LogP contribution is 2.52. The molecule has 2 heterocycles. The third-order valence-corrected chi connectivity index (χ3v) is 6.22. The van der Waals surface area contributed by atoms with Crippen molar-refractivity contribution in [2.45, 2.75) is 43.0 Å². The summed E-state index contributed by atoms with van der Waals surface area (Å²) < 4.78 is 79.7. The lowest BCUT2D eigenvalue weighted by Crippen LogP contribution is -2.45. The Bertz CT molecular complexity index is 990. The number of pyridine rings is 1. The maximum atomic E-state index is 15.2. The van der Waals surface area contributed by atoms with Gasteiger partial charge in [0.15, 0.2) is 4.75 Å². The van der Waals surface area contributed by atoms with Crippen LogP contribution in [0.15, 0.2) is 47.6 Å². The van der Waals surface area contributed by atoms with Crippen molar-refractivity contribution in [2.24, 2.45) is 4.99 Å². The molecular formula is C20H16F6N2OS. The van der Waals surface area contributed by atoms with E-state index in [0.29, 0.717) is 18.0 Å². The molecule has 0 fully saturated rings. The SMILES string of the molecule is C[C@H](CC1=NC(=O)C(C)(C(F)(F)c2ccnc(C(F)(F)F)c2)S1)c1ccc(F)cc1. The van der Waals surface area contributed by atoms with E-state index < -0.39 is 39.8 Å². The molecule has 0 spiro atoms. The fourth-order valence-electron chi connectivity index (χ4n) is 3.04. The molecule has 1 aromatic carbocycles. The summed E-state index contributed by atoms with van der Waals surface area (Å²) in [4.78, 5) is 19.2. The minimum atomic E-state index is -4.90. The Balaban J connectivity index is 1.83. The van der Waals surface area contributed by atoms with Gasteiger partial charge in [-0.1, -0.05) is 30.8 Å². The molecule has 1 aliphatic heterocycles. The number of carbonyl (C=O) groups excluding carboxylic acids is 1. The van der Waals surface area contributed by atoms with E-state index in [1.807, 2.05) is 0 Å². The second kappa shape index (κ2) is 7.72. The van der Waals surface area contributed by atoms with E-state index >= 15 is 8.78 Å². The van der Waals surface area contributed by atoms with Gasteiger partial charge in [0.1, 0.15) is 11.5 Å². The Morgan fingerprint density at radius 3 is 2.33 bits per heavy atom. The van der Waals surface area contributed by atoms with Crippen LogP contribution in [-0.4, -0.2) is 20.7 Å². The van der Waals surface area contributed by atoms with Crippen molar-refractivity contribution in [3.05, 3.63) is 65.2 Å².